The van der Waals surface area contributed by atoms with Gasteiger partial charge in [0.05, 0.1) is 0 Å². The molecule has 0 spiro atoms. The molecule has 0 aliphatic rings. The van der Waals surface area contributed by atoms with Crippen LogP contribution < -0.4 is 15.8 Å². The summed E-state index contributed by atoms with van der Waals surface area (Å²) >= 11 is 0. The lowest BCUT2D eigenvalue weighted by Crippen LogP contribution is -2.32. The van der Waals surface area contributed by atoms with Gasteiger partial charge in [-0.1, -0.05) is 42.5 Å². The van der Waals surface area contributed by atoms with Gasteiger partial charge in [-0.15, -0.1) is 0 Å². The maximum absolute atomic E-state index is 5.81. The van der Waals surface area contributed by atoms with Crippen LogP contribution in [0.2, 0.25) is 0 Å². The van der Waals surface area contributed by atoms with Crippen molar-refractivity contribution in [2.75, 3.05) is 6.54 Å². The molecule has 0 saturated carbocycles. The van der Waals surface area contributed by atoms with Crippen LogP contribution in [0.15, 0.2) is 54.6 Å². The van der Waals surface area contributed by atoms with Crippen LogP contribution in [0, 0.1) is 0 Å². The third kappa shape index (κ3) is 4.68. The Balaban J connectivity index is 1.89. The standard InChI is InChI=1S/C17H22N2O/c1-14(11-18)19-12-16-8-5-9-17(10-16)20-13-15-6-3-2-4-7-15/h2-10,14,19H,11-13,18H2,1H3/t14-/m1/s1. The van der Waals surface area contributed by atoms with E-state index in [2.05, 4.69) is 36.5 Å². The molecule has 0 aliphatic heterocycles. The van der Waals surface area contributed by atoms with E-state index in [0.29, 0.717) is 19.2 Å². The third-order valence-corrected chi connectivity index (χ3v) is 3.15. The maximum atomic E-state index is 5.81. The number of hydrogen-bond acceptors (Lipinski definition) is 3. The van der Waals surface area contributed by atoms with Crippen molar-refractivity contribution in [2.45, 2.75) is 26.1 Å². The fourth-order valence-corrected chi connectivity index (χ4v) is 1.86. The van der Waals surface area contributed by atoms with E-state index in [0.717, 1.165) is 12.3 Å². The maximum Gasteiger partial charge on any atom is 0.120 e. The summed E-state index contributed by atoms with van der Waals surface area (Å²) in [5, 5.41) is 3.37. The minimum atomic E-state index is 0.323. The fourth-order valence-electron chi connectivity index (χ4n) is 1.86. The molecule has 2 aromatic rings. The summed E-state index contributed by atoms with van der Waals surface area (Å²) < 4.78 is 5.81. The van der Waals surface area contributed by atoms with Crippen LogP contribution in [-0.4, -0.2) is 12.6 Å². The Hall–Kier alpha value is -1.84. The Bertz CT molecular complexity index is 513. The van der Waals surface area contributed by atoms with Crippen molar-refractivity contribution in [1.82, 2.24) is 5.32 Å². The van der Waals surface area contributed by atoms with Crippen LogP contribution in [0.25, 0.3) is 0 Å². The quantitative estimate of drug-likeness (QED) is 0.813. The molecule has 3 heteroatoms. The van der Waals surface area contributed by atoms with Crippen molar-refractivity contribution in [1.29, 1.82) is 0 Å². The summed E-state index contributed by atoms with van der Waals surface area (Å²) in [6.07, 6.45) is 0. The predicted octanol–water partition coefficient (Wildman–Crippen LogP) is 2.70. The van der Waals surface area contributed by atoms with Gasteiger partial charge in [-0.05, 0) is 30.2 Å². The highest BCUT2D eigenvalue weighted by molar-refractivity contribution is 5.29. The van der Waals surface area contributed by atoms with E-state index in [9.17, 15) is 0 Å². The zero-order valence-electron chi connectivity index (χ0n) is 11.9. The Labute approximate surface area is 120 Å². The van der Waals surface area contributed by atoms with Crippen molar-refractivity contribution >= 4 is 0 Å². The molecule has 0 saturated heterocycles. The van der Waals surface area contributed by atoms with E-state index >= 15 is 0 Å². The predicted molar refractivity (Wildman–Crippen MR) is 82.6 cm³/mol. The van der Waals surface area contributed by atoms with Gasteiger partial charge in [0.1, 0.15) is 12.4 Å². The smallest absolute Gasteiger partial charge is 0.120 e. The van der Waals surface area contributed by atoms with Gasteiger partial charge in [-0.2, -0.15) is 0 Å². The van der Waals surface area contributed by atoms with E-state index in [-0.39, 0.29) is 0 Å². The van der Waals surface area contributed by atoms with Gasteiger partial charge < -0.3 is 15.8 Å². The van der Waals surface area contributed by atoms with Gasteiger partial charge in [-0.25, -0.2) is 0 Å². The summed E-state index contributed by atoms with van der Waals surface area (Å²) in [4.78, 5) is 0. The Morgan fingerprint density at radius 1 is 1.05 bits per heavy atom. The second-order valence-electron chi connectivity index (χ2n) is 4.94. The number of rotatable bonds is 7. The highest BCUT2D eigenvalue weighted by Gasteiger charge is 2.01. The monoisotopic (exact) mass is 270 g/mol. The molecule has 106 valence electrons. The summed E-state index contributed by atoms with van der Waals surface area (Å²) in [6, 6.07) is 18.7. The number of benzene rings is 2. The summed E-state index contributed by atoms with van der Waals surface area (Å²) in [7, 11) is 0. The second-order valence-corrected chi connectivity index (χ2v) is 4.94. The molecule has 3 N–H and O–H groups in total. The fraction of sp³-hybridized carbons (Fsp3) is 0.294. The lowest BCUT2D eigenvalue weighted by atomic mass is 10.2. The summed E-state index contributed by atoms with van der Waals surface area (Å²) in [5.41, 5.74) is 7.97. The van der Waals surface area contributed by atoms with Gasteiger partial charge in [0.15, 0.2) is 0 Å². The normalized spacial score (nSPS) is 12.1. The molecule has 0 unspecified atom stereocenters. The first-order valence-corrected chi connectivity index (χ1v) is 6.97. The minimum absolute atomic E-state index is 0.323. The van der Waals surface area contributed by atoms with Crippen LogP contribution >= 0.6 is 0 Å². The first-order valence-electron chi connectivity index (χ1n) is 6.97. The van der Waals surface area contributed by atoms with Gasteiger partial charge in [0.25, 0.3) is 0 Å². The van der Waals surface area contributed by atoms with Crippen LogP contribution in [0.5, 0.6) is 5.75 Å². The lowest BCUT2D eigenvalue weighted by Gasteiger charge is -2.12. The molecule has 0 radical (unpaired) electrons. The zero-order valence-corrected chi connectivity index (χ0v) is 11.9. The number of hydrogen-bond donors (Lipinski definition) is 2. The van der Waals surface area contributed by atoms with Gasteiger partial charge >= 0.3 is 0 Å². The van der Waals surface area contributed by atoms with Crippen molar-refractivity contribution in [2.24, 2.45) is 5.73 Å². The van der Waals surface area contributed by atoms with E-state index in [1.54, 1.807) is 0 Å². The van der Waals surface area contributed by atoms with Crippen LogP contribution in [-0.2, 0) is 13.2 Å². The number of ether oxygens (including phenoxy) is 1. The molecule has 1 atom stereocenters. The highest BCUT2D eigenvalue weighted by Crippen LogP contribution is 2.15. The molecule has 3 nitrogen and oxygen atoms in total. The van der Waals surface area contributed by atoms with Gasteiger partial charge in [-0.3, -0.25) is 0 Å². The van der Waals surface area contributed by atoms with Gasteiger partial charge in [0, 0.05) is 19.1 Å². The highest BCUT2D eigenvalue weighted by atomic mass is 16.5. The SMILES string of the molecule is C[C@H](CN)NCc1cccc(OCc2ccccc2)c1. The van der Waals surface area contributed by atoms with E-state index < -0.39 is 0 Å². The molecule has 0 heterocycles. The van der Waals surface area contributed by atoms with E-state index in [4.69, 9.17) is 10.5 Å². The number of nitrogens with one attached hydrogen (secondary N) is 1. The Morgan fingerprint density at radius 3 is 2.55 bits per heavy atom. The van der Waals surface area contributed by atoms with E-state index in [1.807, 2.05) is 30.3 Å². The van der Waals surface area contributed by atoms with Crippen LogP contribution in [0.1, 0.15) is 18.1 Å². The Morgan fingerprint density at radius 2 is 1.80 bits per heavy atom. The molecular formula is C17H22N2O. The molecule has 0 bridgehead atoms. The van der Waals surface area contributed by atoms with Crippen molar-refractivity contribution in [3.05, 3.63) is 65.7 Å². The largest absolute Gasteiger partial charge is 0.489 e. The molecule has 2 aromatic carbocycles. The molecule has 20 heavy (non-hydrogen) atoms. The third-order valence-electron chi connectivity index (χ3n) is 3.15. The number of nitrogens with two attached hydrogens (primary N) is 1. The van der Waals surface area contributed by atoms with Crippen molar-refractivity contribution in [3.8, 4) is 5.75 Å². The Kier molecular flexibility index (Phi) is 5.59. The first kappa shape index (κ1) is 14.6. The zero-order chi connectivity index (χ0) is 14.2. The summed E-state index contributed by atoms with van der Waals surface area (Å²) in [5.74, 6) is 0.897. The van der Waals surface area contributed by atoms with Crippen LogP contribution in [0.4, 0.5) is 0 Å². The molecule has 2 rings (SSSR count). The average molecular weight is 270 g/mol. The van der Waals surface area contributed by atoms with E-state index in [1.165, 1.54) is 11.1 Å². The topological polar surface area (TPSA) is 47.3 Å². The molecule has 0 fully saturated rings. The minimum Gasteiger partial charge on any atom is -0.489 e. The molecule has 0 aromatic heterocycles. The van der Waals surface area contributed by atoms with Crippen molar-refractivity contribution < 1.29 is 4.74 Å². The summed E-state index contributed by atoms with van der Waals surface area (Å²) in [6.45, 7) is 4.12. The average Bonchev–Trinajstić information content (AvgIpc) is 2.52. The molecule has 0 aliphatic carbocycles. The molecule has 0 amide bonds. The lowest BCUT2D eigenvalue weighted by molar-refractivity contribution is 0.306. The first-order chi connectivity index (χ1) is 9.78. The second kappa shape index (κ2) is 7.68. The van der Waals surface area contributed by atoms with Crippen LogP contribution in [0.3, 0.4) is 0 Å². The van der Waals surface area contributed by atoms with Gasteiger partial charge in [0.2, 0.25) is 0 Å². The van der Waals surface area contributed by atoms with Crippen molar-refractivity contribution in [3.63, 3.8) is 0 Å². The molecular weight excluding hydrogens is 248 g/mol.